The summed E-state index contributed by atoms with van der Waals surface area (Å²) in [7, 11) is 1.56. The number of hydrogen-bond donors (Lipinski definition) is 2. The molecule has 0 radical (unpaired) electrons. The van der Waals surface area contributed by atoms with Gasteiger partial charge < -0.3 is 19.8 Å². The van der Waals surface area contributed by atoms with Crippen molar-refractivity contribution in [3.05, 3.63) is 48.4 Å². The molecule has 2 aromatic rings. The fourth-order valence-corrected chi connectivity index (χ4v) is 1.71. The highest BCUT2D eigenvalue weighted by Crippen LogP contribution is 2.16. The summed E-state index contributed by atoms with van der Waals surface area (Å²) >= 11 is 0. The molecule has 110 valence electrons. The first-order chi connectivity index (χ1) is 10.2. The van der Waals surface area contributed by atoms with Crippen LogP contribution in [0.5, 0.6) is 5.75 Å². The van der Waals surface area contributed by atoms with Gasteiger partial charge >= 0.3 is 0 Å². The standard InChI is InChI=1S/C15H16N2O4/c1-20-13-4-2-3-12(9-13)17-14(18)5-7-16-15(19)11-6-8-21-10-11/h2-4,6,8-10H,5,7H2,1H3,(H,16,19)(H,17,18). The van der Waals surface area contributed by atoms with Crippen molar-refractivity contribution in [3.63, 3.8) is 0 Å². The van der Waals surface area contributed by atoms with Gasteiger partial charge in [-0.05, 0) is 18.2 Å². The Morgan fingerprint density at radius 3 is 2.86 bits per heavy atom. The van der Waals surface area contributed by atoms with E-state index < -0.39 is 0 Å². The van der Waals surface area contributed by atoms with Crippen molar-refractivity contribution < 1.29 is 18.7 Å². The van der Waals surface area contributed by atoms with Crippen molar-refractivity contribution >= 4 is 17.5 Å². The van der Waals surface area contributed by atoms with Crippen molar-refractivity contribution in [2.75, 3.05) is 19.0 Å². The monoisotopic (exact) mass is 288 g/mol. The number of carbonyl (C=O) groups excluding carboxylic acids is 2. The quantitative estimate of drug-likeness (QED) is 0.852. The maximum Gasteiger partial charge on any atom is 0.254 e. The third-order valence-electron chi connectivity index (χ3n) is 2.77. The Labute approximate surface area is 122 Å². The molecule has 2 N–H and O–H groups in total. The SMILES string of the molecule is COc1cccc(NC(=O)CCNC(=O)c2ccoc2)c1. The molecule has 0 spiro atoms. The Hall–Kier alpha value is -2.76. The van der Waals surface area contributed by atoms with Crippen molar-refractivity contribution in [3.8, 4) is 5.75 Å². The molecule has 2 rings (SSSR count). The van der Waals surface area contributed by atoms with Gasteiger partial charge in [-0.1, -0.05) is 6.07 Å². The van der Waals surface area contributed by atoms with Gasteiger partial charge in [-0.25, -0.2) is 0 Å². The summed E-state index contributed by atoms with van der Waals surface area (Å²) in [6.45, 7) is 0.250. The number of amides is 2. The second-order valence-corrected chi connectivity index (χ2v) is 4.30. The zero-order valence-electron chi connectivity index (χ0n) is 11.6. The summed E-state index contributed by atoms with van der Waals surface area (Å²) < 4.78 is 9.89. The highest BCUT2D eigenvalue weighted by Gasteiger charge is 2.08. The Morgan fingerprint density at radius 2 is 2.14 bits per heavy atom. The molecular formula is C15H16N2O4. The van der Waals surface area contributed by atoms with Crippen LogP contribution in [0.4, 0.5) is 5.69 Å². The molecule has 0 aliphatic heterocycles. The van der Waals surface area contributed by atoms with E-state index in [-0.39, 0.29) is 24.8 Å². The normalized spacial score (nSPS) is 9.95. The minimum Gasteiger partial charge on any atom is -0.497 e. The fourth-order valence-electron chi connectivity index (χ4n) is 1.71. The third kappa shape index (κ3) is 4.38. The lowest BCUT2D eigenvalue weighted by atomic mass is 10.3. The summed E-state index contributed by atoms with van der Waals surface area (Å²) in [6, 6.07) is 8.63. The molecule has 1 aromatic carbocycles. The molecular weight excluding hydrogens is 272 g/mol. The average molecular weight is 288 g/mol. The van der Waals surface area contributed by atoms with Crippen LogP contribution in [0.2, 0.25) is 0 Å². The number of ether oxygens (including phenoxy) is 1. The van der Waals surface area contributed by atoms with Crippen LogP contribution in [0.3, 0.4) is 0 Å². The van der Waals surface area contributed by atoms with Gasteiger partial charge in [0.2, 0.25) is 5.91 Å². The Morgan fingerprint density at radius 1 is 1.29 bits per heavy atom. The molecule has 0 bridgehead atoms. The second kappa shape index (κ2) is 7.14. The summed E-state index contributed by atoms with van der Waals surface area (Å²) in [4.78, 5) is 23.4. The van der Waals surface area contributed by atoms with E-state index in [1.807, 2.05) is 0 Å². The van der Waals surface area contributed by atoms with E-state index in [0.29, 0.717) is 17.0 Å². The first kappa shape index (κ1) is 14.6. The molecule has 0 unspecified atom stereocenters. The number of anilines is 1. The predicted molar refractivity (Wildman–Crippen MR) is 77.3 cm³/mol. The first-order valence-corrected chi connectivity index (χ1v) is 6.43. The zero-order valence-corrected chi connectivity index (χ0v) is 11.6. The van der Waals surface area contributed by atoms with Crippen molar-refractivity contribution in [1.82, 2.24) is 5.32 Å². The van der Waals surface area contributed by atoms with E-state index in [1.54, 1.807) is 37.4 Å². The van der Waals surface area contributed by atoms with E-state index in [4.69, 9.17) is 9.15 Å². The topological polar surface area (TPSA) is 80.6 Å². The highest BCUT2D eigenvalue weighted by molar-refractivity contribution is 5.95. The number of hydrogen-bond acceptors (Lipinski definition) is 4. The maximum atomic E-state index is 11.8. The van der Waals surface area contributed by atoms with Crippen molar-refractivity contribution in [1.29, 1.82) is 0 Å². The van der Waals surface area contributed by atoms with Gasteiger partial charge in [0, 0.05) is 24.7 Å². The van der Waals surface area contributed by atoms with Crippen LogP contribution in [-0.2, 0) is 4.79 Å². The molecule has 6 nitrogen and oxygen atoms in total. The summed E-state index contributed by atoms with van der Waals surface area (Å²) in [6.07, 6.45) is 2.96. The summed E-state index contributed by atoms with van der Waals surface area (Å²) in [5.41, 5.74) is 1.09. The third-order valence-corrected chi connectivity index (χ3v) is 2.77. The van der Waals surface area contributed by atoms with Crippen LogP contribution in [0.1, 0.15) is 16.8 Å². The molecule has 0 fully saturated rings. The Bertz CT molecular complexity index is 608. The molecule has 6 heteroatoms. The van der Waals surface area contributed by atoms with Crippen molar-refractivity contribution in [2.45, 2.75) is 6.42 Å². The van der Waals surface area contributed by atoms with Gasteiger partial charge in [0.1, 0.15) is 12.0 Å². The van der Waals surface area contributed by atoms with Crippen LogP contribution >= 0.6 is 0 Å². The van der Waals surface area contributed by atoms with E-state index in [1.165, 1.54) is 12.5 Å². The number of benzene rings is 1. The van der Waals surface area contributed by atoms with Gasteiger partial charge in [0.15, 0.2) is 0 Å². The number of furan rings is 1. The summed E-state index contributed by atoms with van der Waals surface area (Å²) in [5, 5.41) is 5.38. The highest BCUT2D eigenvalue weighted by atomic mass is 16.5. The molecule has 0 aliphatic rings. The van der Waals surface area contributed by atoms with E-state index >= 15 is 0 Å². The van der Waals surface area contributed by atoms with E-state index in [0.717, 1.165) is 0 Å². The number of nitrogens with one attached hydrogen (secondary N) is 2. The van der Waals surface area contributed by atoms with E-state index in [2.05, 4.69) is 10.6 Å². The molecule has 1 aromatic heterocycles. The minimum absolute atomic E-state index is 0.181. The number of methoxy groups -OCH3 is 1. The van der Waals surface area contributed by atoms with Gasteiger partial charge in [0.05, 0.1) is 18.9 Å². The van der Waals surface area contributed by atoms with Gasteiger partial charge in [-0.2, -0.15) is 0 Å². The smallest absolute Gasteiger partial charge is 0.254 e. The van der Waals surface area contributed by atoms with E-state index in [9.17, 15) is 9.59 Å². The lowest BCUT2D eigenvalue weighted by Crippen LogP contribution is -2.27. The maximum absolute atomic E-state index is 11.8. The molecule has 0 saturated carbocycles. The van der Waals surface area contributed by atoms with Crippen LogP contribution < -0.4 is 15.4 Å². The average Bonchev–Trinajstić information content (AvgIpc) is 3.01. The van der Waals surface area contributed by atoms with Gasteiger partial charge in [-0.15, -0.1) is 0 Å². The molecule has 2 amide bonds. The minimum atomic E-state index is -0.266. The van der Waals surface area contributed by atoms with Crippen LogP contribution in [0.25, 0.3) is 0 Å². The Balaban J connectivity index is 1.76. The molecule has 0 atom stereocenters. The lowest BCUT2D eigenvalue weighted by molar-refractivity contribution is -0.116. The zero-order chi connectivity index (χ0) is 15.1. The second-order valence-electron chi connectivity index (χ2n) is 4.30. The van der Waals surface area contributed by atoms with Gasteiger partial charge in [0.25, 0.3) is 5.91 Å². The number of carbonyl (C=O) groups is 2. The van der Waals surface area contributed by atoms with Gasteiger partial charge in [-0.3, -0.25) is 9.59 Å². The molecule has 21 heavy (non-hydrogen) atoms. The molecule has 1 heterocycles. The summed E-state index contributed by atoms with van der Waals surface area (Å²) in [5.74, 6) is 0.217. The van der Waals surface area contributed by atoms with Crippen LogP contribution in [0.15, 0.2) is 47.3 Å². The predicted octanol–water partition coefficient (Wildman–Crippen LogP) is 2.05. The van der Waals surface area contributed by atoms with Crippen LogP contribution in [-0.4, -0.2) is 25.5 Å². The van der Waals surface area contributed by atoms with Crippen molar-refractivity contribution in [2.24, 2.45) is 0 Å². The molecule has 0 saturated heterocycles. The molecule has 0 aliphatic carbocycles. The largest absolute Gasteiger partial charge is 0.497 e. The lowest BCUT2D eigenvalue weighted by Gasteiger charge is -2.07. The number of rotatable bonds is 6. The van der Waals surface area contributed by atoms with Crippen LogP contribution in [0, 0.1) is 0 Å². The fraction of sp³-hybridized carbons (Fsp3) is 0.200. The first-order valence-electron chi connectivity index (χ1n) is 6.43. The Kier molecular flexibility index (Phi) is 4.98.